The molecule has 1 aromatic heterocycles. The smallest absolute Gasteiger partial charge is 0.218 e. The molecule has 1 N–H and O–H groups in total. The van der Waals surface area contributed by atoms with E-state index < -0.39 is 0 Å². The SMILES string of the molecule is CCCCCNc1cc(OCC)nc(C(C)C)n1. The third kappa shape index (κ3) is 4.90. The Kier molecular flexibility index (Phi) is 6.47. The molecule has 4 nitrogen and oxygen atoms in total. The van der Waals surface area contributed by atoms with E-state index in [4.69, 9.17) is 4.74 Å². The molecule has 0 aromatic carbocycles. The van der Waals surface area contributed by atoms with Crippen molar-refractivity contribution in [3.05, 3.63) is 11.9 Å². The summed E-state index contributed by atoms with van der Waals surface area (Å²) in [5, 5.41) is 3.34. The molecule has 0 bridgehead atoms. The van der Waals surface area contributed by atoms with Crippen molar-refractivity contribution in [1.29, 1.82) is 0 Å². The molecule has 0 atom stereocenters. The van der Waals surface area contributed by atoms with Gasteiger partial charge in [0.25, 0.3) is 0 Å². The fourth-order valence-electron chi connectivity index (χ4n) is 1.60. The maximum atomic E-state index is 5.47. The van der Waals surface area contributed by atoms with Gasteiger partial charge in [0.05, 0.1) is 6.61 Å². The molecule has 0 unspecified atom stereocenters. The zero-order valence-corrected chi connectivity index (χ0v) is 12.0. The zero-order chi connectivity index (χ0) is 13.4. The Labute approximate surface area is 110 Å². The van der Waals surface area contributed by atoms with Crippen molar-refractivity contribution >= 4 is 5.82 Å². The van der Waals surface area contributed by atoms with Crippen LogP contribution in [0.2, 0.25) is 0 Å². The van der Waals surface area contributed by atoms with E-state index in [1.807, 2.05) is 13.0 Å². The molecule has 0 aliphatic heterocycles. The van der Waals surface area contributed by atoms with Gasteiger partial charge in [0.1, 0.15) is 11.6 Å². The number of nitrogens with zero attached hydrogens (tertiary/aromatic N) is 2. The Morgan fingerprint density at radius 3 is 2.61 bits per heavy atom. The van der Waals surface area contributed by atoms with Crippen LogP contribution in [0.5, 0.6) is 5.88 Å². The molecule has 1 heterocycles. The largest absolute Gasteiger partial charge is 0.478 e. The zero-order valence-electron chi connectivity index (χ0n) is 12.0. The van der Waals surface area contributed by atoms with Crippen LogP contribution < -0.4 is 10.1 Å². The van der Waals surface area contributed by atoms with Gasteiger partial charge >= 0.3 is 0 Å². The van der Waals surface area contributed by atoms with Crippen molar-refractivity contribution in [2.24, 2.45) is 0 Å². The minimum Gasteiger partial charge on any atom is -0.478 e. The molecule has 0 aliphatic carbocycles. The fraction of sp³-hybridized carbons (Fsp3) is 0.714. The normalized spacial score (nSPS) is 10.7. The van der Waals surface area contributed by atoms with Gasteiger partial charge in [0, 0.05) is 18.5 Å². The van der Waals surface area contributed by atoms with Crippen molar-refractivity contribution in [3.63, 3.8) is 0 Å². The summed E-state index contributed by atoms with van der Waals surface area (Å²) >= 11 is 0. The summed E-state index contributed by atoms with van der Waals surface area (Å²) in [5.41, 5.74) is 0. The number of rotatable bonds is 8. The van der Waals surface area contributed by atoms with Gasteiger partial charge in [-0.1, -0.05) is 33.6 Å². The number of anilines is 1. The average molecular weight is 251 g/mol. The first-order valence-corrected chi connectivity index (χ1v) is 6.93. The molecule has 0 saturated carbocycles. The third-order valence-electron chi connectivity index (χ3n) is 2.62. The van der Waals surface area contributed by atoms with E-state index in [1.54, 1.807) is 0 Å². The lowest BCUT2D eigenvalue weighted by Gasteiger charge is -2.11. The van der Waals surface area contributed by atoms with E-state index in [9.17, 15) is 0 Å². The second-order valence-electron chi connectivity index (χ2n) is 4.67. The molecule has 4 heteroatoms. The molecule has 0 radical (unpaired) electrons. The highest BCUT2D eigenvalue weighted by Crippen LogP contribution is 2.18. The Balaban J connectivity index is 2.69. The van der Waals surface area contributed by atoms with Crippen LogP contribution in [0.1, 0.15) is 58.7 Å². The van der Waals surface area contributed by atoms with Gasteiger partial charge in [0.2, 0.25) is 5.88 Å². The number of hydrogen-bond acceptors (Lipinski definition) is 4. The molecule has 0 saturated heterocycles. The summed E-state index contributed by atoms with van der Waals surface area (Å²) in [6.45, 7) is 9.93. The number of ether oxygens (including phenoxy) is 1. The van der Waals surface area contributed by atoms with E-state index >= 15 is 0 Å². The van der Waals surface area contributed by atoms with E-state index in [0.29, 0.717) is 18.4 Å². The van der Waals surface area contributed by atoms with Gasteiger partial charge in [-0.25, -0.2) is 4.98 Å². The first kappa shape index (κ1) is 14.7. The van der Waals surface area contributed by atoms with Gasteiger partial charge < -0.3 is 10.1 Å². The van der Waals surface area contributed by atoms with E-state index in [2.05, 4.69) is 36.1 Å². The van der Waals surface area contributed by atoms with Gasteiger partial charge in [-0.2, -0.15) is 4.98 Å². The van der Waals surface area contributed by atoms with Gasteiger partial charge in [-0.05, 0) is 13.3 Å². The van der Waals surface area contributed by atoms with Crippen molar-refractivity contribution in [2.45, 2.75) is 52.9 Å². The second-order valence-corrected chi connectivity index (χ2v) is 4.67. The summed E-state index contributed by atoms with van der Waals surface area (Å²) < 4.78 is 5.47. The lowest BCUT2D eigenvalue weighted by Crippen LogP contribution is -2.08. The van der Waals surface area contributed by atoms with Crippen LogP contribution in [-0.2, 0) is 0 Å². The number of nitrogens with one attached hydrogen (secondary N) is 1. The highest BCUT2D eigenvalue weighted by atomic mass is 16.5. The first-order valence-electron chi connectivity index (χ1n) is 6.93. The monoisotopic (exact) mass is 251 g/mol. The van der Waals surface area contributed by atoms with Crippen LogP contribution in [0.15, 0.2) is 6.07 Å². The summed E-state index contributed by atoms with van der Waals surface area (Å²) in [7, 11) is 0. The van der Waals surface area contributed by atoms with Crippen LogP contribution in [0, 0.1) is 0 Å². The Bertz CT molecular complexity index is 353. The van der Waals surface area contributed by atoms with Crippen LogP contribution >= 0.6 is 0 Å². The van der Waals surface area contributed by atoms with Crippen LogP contribution in [0.3, 0.4) is 0 Å². The molecule has 0 spiro atoms. The lowest BCUT2D eigenvalue weighted by atomic mass is 10.2. The van der Waals surface area contributed by atoms with Crippen molar-refractivity contribution in [3.8, 4) is 5.88 Å². The molecule has 0 fully saturated rings. The standard InChI is InChI=1S/C14H25N3O/c1-5-7-8-9-15-12-10-13(18-6-2)17-14(16-12)11(3)4/h10-11H,5-9H2,1-4H3,(H,15,16,17). The molecule has 1 aromatic rings. The highest BCUT2D eigenvalue weighted by molar-refractivity contribution is 5.38. The quantitative estimate of drug-likeness (QED) is 0.717. The molecule has 1 rings (SSSR count). The minimum absolute atomic E-state index is 0.307. The third-order valence-corrected chi connectivity index (χ3v) is 2.62. The maximum Gasteiger partial charge on any atom is 0.218 e. The van der Waals surface area contributed by atoms with Crippen molar-refractivity contribution in [1.82, 2.24) is 9.97 Å². The van der Waals surface area contributed by atoms with Crippen molar-refractivity contribution < 1.29 is 4.74 Å². The van der Waals surface area contributed by atoms with Gasteiger partial charge in [-0.3, -0.25) is 0 Å². The number of hydrogen-bond donors (Lipinski definition) is 1. The van der Waals surface area contributed by atoms with Gasteiger partial charge in [-0.15, -0.1) is 0 Å². The van der Waals surface area contributed by atoms with E-state index in [1.165, 1.54) is 19.3 Å². The molecule has 0 amide bonds. The van der Waals surface area contributed by atoms with E-state index in [-0.39, 0.29) is 0 Å². The first-order chi connectivity index (χ1) is 8.67. The summed E-state index contributed by atoms with van der Waals surface area (Å²) in [6.07, 6.45) is 3.64. The highest BCUT2D eigenvalue weighted by Gasteiger charge is 2.08. The average Bonchev–Trinajstić information content (AvgIpc) is 2.35. The topological polar surface area (TPSA) is 47.0 Å². The number of aromatic nitrogens is 2. The molecular weight excluding hydrogens is 226 g/mol. The minimum atomic E-state index is 0.307. The lowest BCUT2D eigenvalue weighted by molar-refractivity contribution is 0.324. The Morgan fingerprint density at radius 2 is 2.00 bits per heavy atom. The van der Waals surface area contributed by atoms with Crippen LogP contribution in [0.4, 0.5) is 5.82 Å². The molecule has 0 aliphatic rings. The molecule has 102 valence electrons. The van der Waals surface area contributed by atoms with Gasteiger partial charge in [0.15, 0.2) is 0 Å². The molecule has 18 heavy (non-hydrogen) atoms. The Hall–Kier alpha value is -1.32. The molecular formula is C14H25N3O. The maximum absolute atomic E-state index is 5.47. The predicted octanol–water partition coefficient (Wildman–Crippen LogP) is 3.60. The van der Waals surface area contributed by atoms with E-state index in [0.717, 1.165) is 18.2 Å². The van der Waals surface area contributed by atoms with Crippen LogP contribution in [-0.4, -0.2) is 23.1 Å². The second kappa shape index (κ2) is 7.90. The van der Waals surface area contributed by atoms with Crippen molar-refractivity contribution in [2.75, 3.05) is 18.5 Å². The Morgan fingerprint density at radius 1 is 1.22 bits per heavy atom. The fourth-order valence-corrected chi connectivity index (χ4v) is 1.60. The van der Waals surface area contributed by atoms with Crippen LogP contribution in [0.25, 0.3) is 0 Å². The summed E-state index contributed by atoms with van der Waals surface area (Å²) in [5.74, 6) is 2.67. The predicted molar refractivity (Wildman–Crippen MR) is 75.3 cm³/mol. The number of unbranched alkanes of at least 4 members (excludes halogenated alkanes) is 2. The summed E-state index contributed by atoms with van der Waals surface area (Å²) in [6, 6.07) is 1.88. The summed E-state index contributed by atoms with van der Waals surface area (Å²) in [4.78, 5) is 8.90.